The van der Waals surface area contributed by atoms with Crippen LogP contribution in [0.15, 0.2) is 23.1 Å². The summed E-state index contributed by atoms with van der Waals surface area (Å²) in [6, 6.07) is -0.0150. The van der Waals surface area contributed by atoms with Crippen LogP contribution in [0.4, 0.5) is 4.79 Å². The second kappa shape index (κ2) is 5.48. The highest BCUT2D eigenvalue weighted by atomic mass is 32.2. The van der Waals surface area contributed by atoms with E-state index in [4.69, 9.17) is 4.74 Å². The second-order valence-electron chi connectivity index (χ2n) is 6.23. The van der Waals surface area contributed by atoms with Gasteiger partial charge in [-0.3, -0.25) is 4.90 Å². The second-order valence-corrected chi connectivity index (χ2v) is 8.24. The number of allylic oxidation sites excluding steroid dienone is 2. The Morgan fingerprint density at radius 3 is 2.38 bits per heavy atom. The highest BCUT2D eigenvalue weighted by Gasteiger charge is 2.45. The lowest BCUT2D eigenvalue weighted by Crippen LogP contribution is -2.42. The van der Waals surface area contributed by atoms with Crippen LogP contribution >= 0.6 is 0 Å². The molecule has 0 aromatic heterocycles. The van der Waals surface area contributed by atoms with Gasteiger partial charge in [-0.1, -0.05) is 19.1 Å². The van der Waals surface area contributed by atoms with Gasteiger partial charge in [0.05, 0.1) is 10.9 Å². The number of carbonyl (C=O) groups excluding carboxylic acids is 1. The molecule has 6 heteroatoms. The minimum absolute atomic E-state index is 0.0605. The fraction of sp³-hybridized carbons (Fsp3) is 0.667. The molecular formula is C15H23NO4S. The lowest BCUT2D eigenvalue weighted by Gasteiger charge is -2.31. The molecule has 0 saturated carbocycles. The van der Waals surface area contributed by atoms with Crippen molar-refractivity contribution in [2.75, 3.05) is 6.26 Å². The van der Waals surface area contributed by atoms with Crippen molar-refractivity contribution in [3.05, 3.63) is 23.1 Å². The van der Waals surface area contributed by atoms with Crippen LogP contribution in [0.5, 0.6) is 0 Å². The third-order valence-electron chi connectivity index (χ3n) is 4.25. The molecule has 5 nitrogen and oxygen atoms in total. The predicted octanol–water partition coefficient (Wildman–Crippen LogP) is 2.35. The summed E-state index contributed by atoms with van der Waals surface area (Å²) in [5, 5.41) is 0. The SMILES string of the molecule is CC1C=CC(S(C)(=O)=O)=CC1[C@H]1OC(=O)N(C(C)C)[C@H]1C. The molecule has 2 unspecified atom stereocenters. The number of hydrogen-bond donors (Lipinski definition) is 0. The number of rotatable bonds is 3. The third-order valence-corrected chi connectivity index (χ3v) is 5.38. The number of cyclic esters (lactones) is 1. The Hall–Kier alpha value is -1.30. The maximum absolute atomic E-state index is 12.0. The molecular weight excluding hydrogens is 290 g/mol. The average Bonchev–Trinajstić information content (AvgIpc) is 2.63. The van der Waals surface area contributed by atoms with Crippen molar-refractivity contribution in [1.29, 1.82) is 0 Å². The molecule has 1 aliphatic heterocycles. The first-order valence-corrected chi connectivity index (χ1v) is 9.11. The molecule has 1 aliphatic carbocycles. The first-order valence-electron chi connectivity index (χ1n) is 7.22. The number of hydrogen-bond acceptors (Lipinski definition) is 4. The van der Waals surface area contributed by atoms with Gasteiger partial charge in [-0.2, -0.15) is 0 Å². The number of nitrogens with zero attached hydrogens (tertiary/aromatic N) is 1. The fourth-order valence-corrected chi connectivity index (χ4v) is 3.82. The van der Waals surface area contributed by atoms with E-state index in [1.807, 2.05) is 33.8 Å². The smallest absolute Gasteiger partial charge is 0.410 e. The average molecular weight is 313 g/mol. The van der Waals surface area contributed by atoms with Gasteiger partial charge >= 0.3 is 6.09 Å². The van der Waals surface area contributed by atoms with Gasteiger partial charge in [0.15, 0.2) is 9.84 Å². The Morgan fingerprint density at radius 2 is 1.90 bits per heavy atom. The third kappa shape index (κ3) is 3.00. The van der Waals surface area contributed by atoms with E-state index in [-0.39, 0.29) is 36.1 Å². The summed E-state index contributed by atoms with van der Waals surface area (Å²) in [5.74, 6) is 0.00490. The number of sulfone groups is 1. The predicted molar refractivity (Wildman–Crippen MR) is 81.4 cm³/mol. The lowest BCUT2D eigenvalue weighted by molar-refractivity contribution is 0.0962. The standard InChI is InChI=1S/C15H23NO4S/c1-9(2)16-11(4)14(20-15(16)17)13-8-12(21(5,18)19)7-6-10(13)3/h6-11,13-14H,1-5H3/t10?,11-,13?,14-/m0/s1. The molecule has 4 atom stereocenters. The monoisotopic (exact) mass is 313 g/mol. The highest BCUT2D eigenvalue weighted by molar-refractivity contribution is 7.94. The Labute approximate surface area is 126 Å². The van der Waals surface area contributed by atoms with Crippen molar-refractivity contribution in [1.82, 2.24) is 4.90 Å². The van der Waals surface area contributed by atoms with E-state index < -0.39 is 9.84 Å². The fourth-order valence-electron chi connectivity index (χ4n) is 3.09. The Kier molecular flexibility index (Phi) is 4.19. The molecule has 0 aromatic carbocycles. The van der Waals surface area contributed by atoms with Crippen LogP contribution in [0, 0.1) is 11.8 Å². The molecule has 1 saturated heterocycles. The topological polar surface area (TPSA) is 63.7 Å². The van der Waals surface area contributed by atoms with E-state index in [1.165, 1.54) is 6.26 Å². The summed E-state index contributed by atoms with van der Waals surface area (Å²) in [4.78, 5) is 14.0. The minimum atomic E-state index is -3.25. The van der Waals surface area contributed by atoms with E-state index in [0.29, 0.717) is 4.91 Å². The molecule has 21 heavy (non-hydrogen) atoms. The van der Waals surface area contributed by atoms with Gasteiger partial charge in [-0.05, 0) is 32.8 Å². The summed E-state index contributed by atoms with van der Waals surface area (Å²) in [6.07, 6.45) is 5.80. The first-order chi connectivity index (χ1) is 9.62. The van der Waals surface area contributed by atoms with Crippen molar-refractivity contribution in [2.24, 2.45) is 11.8 Å². The van der Waals surface area contributed by atoms with Crippen molar-refractivity contribution in [3.8, 4) is 0 Å². The summed E-state index contributed by atoms with van der Waals surface area (Å²) in [6.45, 7) is 7.86. The molecule has 0 N–H and O–H groups in total. The zero-order valence-electron chi connectivity index (χ0n) is 13.1. The minimum Gasteiger partial charge on any atom is -0.443 e. The molecule has 0 bridgehead atoms. The zero-order chi connectivity index (χ0) is 15.9. The Balaban J connectivity index is 2.31. The van der Waals surface area contributed by atoms with Crippen LogP contribution in [0.2, 0.25) is 0 Å². The molecule has 0 spiro atoms. The van der Waals surface area contributed by atoms with Gasteiger partial charge in [0.1, 0.15) is 6.10 Å². The van der Waals surface area contributed by atoms with Crippen molar-refractivity contribution in [2.45, 2.75) is 45.9 Å². The summed E-state index contributed by atoms with van der Waals surface area (Å²) in [7, 11) is -3.25. The van der Waals surface area contributed by atoms with Crippen LogP contribution in [-0.2, 0) is 14.6 Å². The first kappa shape index (κ1) is 16.1. The van der Waals surface area contributed by atoms with Crippen LogP contribution < -0.4 is 0 Å². The molecule has 118 valence electrons. The van der Waals surface area contributed by atoms with Crippen molar-refractivity contribution in [3.63, 3.8) is 0 Å². The van der Waals surface area contributed by atoms with Crippen molar-refractivity contribution >= 4 is 15.9 Å². The number of ether oxygens (including phenoxy) is 1. The van der Waals surface area contributed by atoms with Gasteiger partial charge < -0.3 is 4.74 Å². The molecule has 2 aliphatic rings. The quantitative estimate of drug-likeness (QED) is 0.802. The lowest BCUT2D eigenvalue weighted by atomic mass is 9.83. The number of amides is 1. The van der Waals surface area contributed by atoms with Crippen LogP contribution in [-0.4, -0.2) is 43.9 Å². The largest absolute Gasteiger partial charge is 0.443 e. The molecule has 1 heterocycles. The molecule has 2 rings (SSSR count). The van der Waals surface area contributed by atoms with Gasteiger partial charge in [-0.15, -0.1) is 0 Å². The summed E-state index contributed by atoms with van der Waals surface area (Å²) in [5.41, 5.74) is 0. The van der Waals surface area contributed by atoms with E-state index in [2.05, 4.69) is 0 Å². The Morgan fingerprint density at radius 1 is 1.29 bits per heavy atom. The Bertz CT molecular complexity index is 591. The van der Waals surface area contributed by atoms with E-state index in [0.717, 1.165) is 0 Å². The molecule has 0 aromatic rings. The van der Waals surface area contributed by atoms with Crippen LogP contribution in [0.3, 0.4) is 0 Å². The van der Waals surface area contributed by atoms with Crippen LogP contribution in [0.1, 0.15) is 27.7 Å². The van der Waals surface area contributed by atoms with Gasteiger partial charge in [0.2, 0.25) is 0 Å². The van der Waals surface area contributed by atoms with Crippen molar-refractivity contribution < 1.29 is 17.9 Å². The van der Waals surface area contributed by atoms with Gasteiger partial charge in [0, 0.05) is 18.2 Å². The summed E-state index contributed by atoms with van der Waals surface area (Å²) >= 11 is 0. The van der Waals surface area contributed by atoms with Gasteiger partial charge in [0.25, 0.3) is 0 Å². The zero-order valence-corrected chi connectivity index (χ0v) is 13.9. The number of carbonyl (C=O) groups is 1. The van der Waals surface area contributed by atoms with E-state index >= 15 is 0 Å². The van der Waals surface area contributed by atoms with E-state index in [1.54, 1.807) is 17.1 Å². The normalized spacial score (nSPS) is 33.3. The maximum Gasteiger partial charge on any atom is 0.410 e. The van der Waals surface area contributed by atoms with Gasteiger partial charge in [-0.25, -0.2) is 13.2 Å². The molecule has 1 fully saturated rings. The van der Waals surface area contributed by atoms with E-state index in [9.17, 15) is 13.2 Å². The maximum atomic E-state index is 12.0. The summed E-state index contributed by atoms with van der Waals surface area (Å²) < 4.78 is 29.0. The highest BCUT2D eigenvalue weighted by Crippen LogP contribution is 2.35. The van der Waals surface area contributed by atoms with Crippen LogP contribution in [0.25, 0.3) is 0 Å². The molecule has 1 amide bonds. The molecule has 0 radical (unpaired) electrons.